The average molecular weight is 294 g/mol. The molecule has 0 bridgehead atoms. The number of rotatable bonds is 4. The van der Waals surface area contributed by atoms with Gasteiger partial charge < -0.3 is 5.73 Å². The SMILES string of the molecule is CC(C)Cc1nnc(NC(=O)c2cccc(F)c2N)s1. The minimum atomic E-state index is -0.615. The summed E-state index contributed by atoms with van der Waals surface area (Å²) in [6.45, 7) is 4.15. The van der Waals surface area contributed by atoms with Gasteiger partial charge in [0.1, 0.15) is 10.8 Å². The molecule has 1 aromatic heterocycles. The Kier molecular flexibility index (Phi) is 4.29. The van der Waals surface area contributed by atoms with E-state index >= 15 is 0 Å². The molecule has 0 saturated heterocycles. The lowest BCUT2D eigenvalue weighted by Crippen LogP contribution is -2.14. The van der Waals surface area contributed by atoms with Crippen LogP contribution in [0, 0.1) is 11.7 Å². The van der Waals surface area contributed by atoms with Crippen molar-refractivity contribution in [1.29, 1.82) is 0 Å². The third-order valence-electron chi connectivity index (χ3n) is 2.57. The van der Waals surface area contributed by atoms with Crippen molar-refractivity contribution in [3.05, 3.63) is 34.6 Å². The molecule has 1 amide bonds. The molecule has 0 spiro atoms. The highest BCUT2D eigenvalue weighted by Crippen LogP contribution is 2.21. The Hall–Kier alpha value is -2.02. The van der Waals surface area contributed by atoms with Crippen LogP contribution in [-0.2, 0) is 6.42 Å². The van der Waals surface area contributed by atoms with Crippen molar-refractivity contribution < 1.29 is 9.18 Å². The first-order valence-corrected chi connectivity index (χ1v) is 6.96. The van der Waals surface area contributed by atoms with Gasteiger partial charge in [-0.15, -0.1) is 10.2 Å². The summed E-state index contributed by atoms with van der Waals surface area (Å²) in [5.41, 5.74) is 5.46. The second kappa shape index (κ2) is 5.96. The average Bonchev–Trinajstić information content (AvgIpc) is 2.79. The van der Waals surface area contributed by atoms with Crippen LogP contribution in [-0.4, -0.2) is 16.1 Å². The first kappa shape index (κ1) is 14.4. The predicted octanol–water partition coefficient (Wildman–Crippen LogP) is 2.71. The van der Waals surface area contributed by atoms with Crippen molar-refractivity contribution in [2.75, 3.05) is 11.1 Å². The van der Waals surface area contributed by atoms with Gasteiger partial charge in [-0.05, 0) is 18.1 Å². The van der Waals surface area contributed by atoms with Crippen LogP contribution in [0.2, 0.25) is 0 Å². The number of nitrogens with one attached hydrogen (secondary N) is 1. The Bertz CT molecular complexity index is 627. The van der Waals surface area contributed by atoms with Crippen LogP contribution in [0.3, 0.4) is 0 Å². The number of carbonyl (C=O) groups is 1. The molecule has 0 atom stereocenters. The number of carbonyl (C=O) groups excluding carboxylic acids is 1. The Labute approximate surface area is 120 Å². The number of nitrogens with two attached hydrogens (primary N) is 1. The third kappa shape index (κ3) is 3.30. The standard InChI is InChI=1S/C13H15FN4OS/c1-7(2)6-10-17-18-13(20-10)16-12(19)8-4-3-5-9(14)11(8)15/h3-5,7H,6,15H2,1-2H3,(H,16,18,19). The summed E-state index contributed by atoms with van der Waals surface area (Å²) in [4.78, 5) is 12.0. The monoisotopic (exact) mass is 294 g/mol. The van der Waals surface area contributed by atoms with Gasteiger partial charge in [0.15, 0.2) is 0 Å². The molecule has 0 unspecified atom stereocenters. The third-order valence-corrected chi connectivity index (χ3v) is 3.43. The zero-order chi connectivity index (χ0) is 14.7. The van der Waals surface area contributed by atoms with E-state index in [1.165, 1.54) is 29.5 Å². The summed E-state index contributed by atoms with van der Waals surface area (Å²) < 4.78 is 13.3. The normalized spacial score (nSPS) is 10.8. The van der Waals surface area contributed by atoms with E-state index in [9.17, 15) is 9.18 Å². The number of halogens is 1. The van der Waals surface area contributed by atoms with Crippen molar-refractivity contribution >= 4 is 28.1 Å². The fourth-order valence-electron chi connectivity index (χ4n) is 1.64. The van der Waals surface area contributed by atoms with Crippen molar-refractivity contribution in [1.82, 2.24) is 10.2 Å². The van der Waals surface area contributed by atoms with Gasteiger partial charge in [0.2, 0.25) is 5.13 Å². The van der Waals surface area contributed by atoms with E-state index in [2.05, 4.69) is 29.4 Å². The molecular formula is C13H15FN4OS. The molecule has 0 aliphatic rings. The fraction of sp³-hybridized carbons (Fsp3) is 0.308. The maximum absolute atomic E-state index is 13.3. The van der Waals surface area contributed by atoms with Crippen LogP contribution in [0.5, 0.6) is 0 Å². The predicted molar refractivity (Wildman–Crippen MR) is 77.2 cm³/mol. The van der Waals surface area contributed by atoms with Crippen LogP contribution in [0.15, 0.2) is 18.2 Å². The van der Waals surface area contributed by atoms with Gasteiger partial charge in [0.25, 0.3) is 5.91 Å². The van der Waals surface area contributed by atoms with Gasteiger partial charge in [-0.25, -0.2) is 4.39 Å². The number of nitrogens with zero attached hydrogens (tertiary/aromatic N) is 2. The summed E-state index contributed by atoms with van der Waals surface area (Å²) in [5.74, 6) is -0.643. The van der Waals surface area contributed by atoms with Crippen LogP contribution in [0.25, 0.3) is 0 Å². The first-order valence-electron chi connectivity index (χ1n) is 6.15. The molecule has 0 saturated carbocycles. The van der Waals surface area contributed by atoms with Crippen molar-refractivity contribution in [2.24, 2.45) is 5.92 Å². The van der Waals surface area contributed by atoms with Gasteiger partial charge in [-0.2, -0.15) is 0 Å². The van der Waals surface area contributed by atoms with Crippen LogP contribution < -0.4 is 11.1 Å². The number of anilines is 2. The molecule has 1 aromatic carbocycles. The molecule has 0 radical (unpaired) electrons. The largest absolute Gasteiger partial charge is 0.396 e. The molecule has 1 heterocycles. The Morgan fingerprint density at radius 1 is 1.45 bits per heavy atom. The van der Waals surface area contributed by atoms with Crippen LogP contribution in [0.1, 0.15) is 29.2 Å². The maximum Gasteiger partial charge on any atom is 0.259 e. The molecule has 2 aromatic rings. The molecule has 20 heavy (non-hydrogen) atoms. The summed E-state index contributed by atoms with van der Waals surface area (Å²) in [7, 11) is 0. The zero-order valence-electron chi connectivity index (χ0n) is 11.2. The van der Waals surface area contributed by atoms with E-state index in [0.717, 1.165) is 11.4 Å². The lowest BCUT2D eigenvalue weighted by Gasteiger charge is -2.05. The zero-order valence-corrected chi connectivity index (χ0v) is 12.0. The van der Waals surface area contributed by atoms with Crippen molar-refractivity contribution in [3.8, 4) is 0 Å². The number of amides is 1. The van der Waals surface area contributed by atoms with E-state index in [1.807, 2.05) is 0 Å². The second-order valence-corrected chi connectivity index (χ2v) is 5.82. The lowest BCUT2D eigenvalue weighted by atomic mass is 10.1. The first-order chi connectivity index (χ1) is 9.47. The van der Waals surface area contributed by atoms with E-state index < -0.39 is 11.7 Å². The van der Waals surface area contributed by atoms with Gasteiger partial charge in [-0.1, -0.05) is 31.3 Å². The van der Waals surface area contributed by atoms with Crippen molar-refractivity contribution in [2.45, 2.75) is 20.3 Å². The number of nitrogen functional groups attached to an aromatic ring is 1. The quantitative estimate of drug-likeness (QED) is 0.850. The lowest BCUT2D eigenvalue weighted by molar-refractivity contribution is 0.102. The minimum Gasteiger partial charge on any atom is -0.396 e. The highest BCUT2D eigenvalue weighted by Gasteiger charge is 2.15. The Morgan fingerprint density at radius 3 is 2.90 bits per heavy atom. The number of para-hydroxylation sites is 1. The number of benzene rings is 1. The highest BCUT2D eigenvalue weighted by molar-refractivity contribution is 7.15. The van der Waals surface area contributed by atoms with E-state index in [1.54, 1.807) is 0 Å². The summed E-state index contributed by atoms with van der Waals surface area (Å²) in [5, 5.41) is 11.7. The Balaban J connectivity index is 2.11. The van der Waals surface area contributed by atoms with E-state index in [4.69, 9.17) is 5.73 Å². The van der Waals surface area contributed by atoms with Crippen LogP contribution >= 0.6 is 11.3 Å². The van der Waals surface area contributed by atoms with E-state index in [-0.39, 0.29) is 11.3 Å². The molecule has 3 N–H and O–H groups in total. The minimum absolute atomic E-state index is 0.0885. The van der Waals surface area contributed by atoms with Gasteiger partial charge >= 0.3 is 0 Å². The molecule has 0 aliphatic carbocycles. The van der Waals surface area contributed by atoms with Gasteiger partial charge in [0.05, 0.1) is 11.3 Å². The van der Waals surface area contributed by atoms with Crippen molar-refractivity contribution in [3.63, 3.8) is 0 Å². The Morgan fingerprint density at radius 2 is 2.20 bits per heavy atom. The smallest absolute Gasteiger partial charge is 0.259 e. The van der Waals surface area contributed by atoms with Crippen LogP contribution in [0.4, 0.5) is 15.2 Å². The second-order valence-electron chi connectivity index (χ2n) is 4.75. The molecule has 106 valence electrons. The number of hydrogen-bond acceptors (Lipinski definition) is 5. The maximum atomic E-state index is 13.3. The molecule has 5 nitrogen and oxygen atoms in total. The number of hydrogen-bond donors (Lipinski definition) is 2. The summed E-state index contributed by atoms with van der Waals surface area (Å²) >= 11 is 1.31. The molecular weight excluding hydrogens is 279 g/mol. The number of aromatic nitrogens is 2. The molecule has 0 aliphatic heterocycles. The molecule has 2 rings (SSSR count). The van der Waals surface area contributed by atoms with E-state index in [0.29, 0.717) is 11.0 Å². The molecule has 7 heteroatoms. The summed E-state index contributed by atoms with van der Waals surface area (Å²) in [6, 6.07) is 4.10. The summed E-state index contributed by atoms with van der Waals surface area (Å²) in [6.07, 6.45) is 0.801. The van der Waals surface area contributed by atoms with Gasteiger partial charge in [0, 0.05) is 6.42 Å². The highest BCUT2D eigenvalue weighted by atomic mass is 32.1. The fourth-order valence-corrected chi connectivity index (χ4v) is 2.58. The molecule has 0 fully saturated rings. The topological polar surface area (TPSA) is 80.9 Å². The van der Waals surface area contributed by atoms with Gasteiger partial charge in [-0.3, -0.25) is 10.1 Å².